The second kappa shape index (κ2) is 4.71. The van der Waals surface area contributed by atoms with Crippen LogP contribution in [0.1, 0.15) is 18.4 Å². The van der Waals surface area contributed by atoms with E-state index >= 15 is 0 Å². The van der Waals surface area contributed by atoms with Crippen molar-refractivity contribution in [1.82, 2.24) is 4.98 Å². The molecule has 5 heteroatoms. The molecule has 0 spiro atoms. The van der Waals surface area contributed by atoms with E-state index in [-0.39, 0.29) is 11.5 Å². The summed E-state index contributed by atoms with van der Waals surface area (Å²) in [6, 6.07) is 3.25. The zero-order valence-corrected chi connectivity index (χ0v) is 9.69. The van der Waals surface area contributed by atoms with E-state index in [0.29, 0.717) is 19.4 Å². The molecule has 1 aromatic rings. The first-order valence-electron chi connectivity index (χ1n) is 5.56. The summed E-state index contributed by atoms with van der Waals surface area (Å²) in [5, 5.41) is 0. The molecular formula is C12H15NO4. The van der Waals surface area contributed by atoms with E-state index in [9.17, 15) is 9.59 Å². The predicted molar refractivity (Wildman–Crippen MR) is 60.7 cm³/mol. The average molecular weight is 237 g/mol. The second-order valence-corrected chi connectivity index (χ2v) is 4.18. The third kappa shape index (κ3) is 2.39. The van der Waals surface area contributed by atoms with Crippen molar-refractivity contribution in [2.24, 2.45) is 0 Å². The minimum atomic E-state index is -0.914. The van der Waals surface area contributed by atoms with Crippen molar-refractivity contribution >= 4 is 5.97 Å². The average Bonchev–Trinajstić information content (AvgIpc) is 2.78. The van der Waals surface area contributed by atoms with E-state index in [2.05, 4.69) is 4.98 Å². The van der Waals surface area contributed by atoms with Gasteiger partial charge in [-0.1, -0.05) is 0 Å². The van der Waals surface area contributed by atoms with Crippen molar-refractivity contribution in [3.05, 3.63) is 34.2 Å². The molecule has 0 radical (unpaired) electrons. The topological polar surface area (TPSA) is 68.4 Å². The third-order valence-electron chi connectivity index (χ3n) is 2.99. The lowest BCUT2D eigenvalue weighted by atomic mass is 9.92. The molecule has 1 unspecified atom stereocenters. The Morgan fingerprint density at radius 3 is 3.06 bits per heavy atom. The van der Waals surface area contributed by atoms with Crippen LogP contribution in [-0.4, -0.2) is 30.3 Å². The van der Waals surface area contributed by atoms with Crippen LogP contribution in [0.25, 0.3) is 0 Å². The zero-order valence-electron chi connectivity index (χ0n) is 9.69. The molecule has 5 nitrogen and oxygen atoms in total. The van der Waals surface area contributed by atoms with Gasteiger partial charge >= 0.3 is 5.97 Å². The van der Waals surface area contributed by atoms with Crippen LogP contribution in [-0.2, 0) is 20.7 Å². The number of pyridine rings is 1. The number of carbonyl (C=O) groups excluding carboxylic acids is 1. The van der Waals surface area contributed by atoms with Crippen LogP contribution < -0.4 is 5.56 Å². The monoisotopic (exact) mass is 237 g/mol. The number of nitrogens with one attached hydrogen (secondary N) is 1. The third-order valence-corrected chi connectivity index (χ3v) is 2.99. The molecule has 0 bridgehead atoms. The van der Waals surface area contributed by atoms with Crippen LogP contribution in [0.5, 0.6) is 0 Å². The minimum Gasteiger partial charge on any atom is -0.467 e. The van der Waals surface area contributed by atoms with Gasteiger partial charge in [-0.05, 0) is 24.5 Å². The van der Waals surface area contributed by atoms with Gasteiger partial charge in [-0.25, -0.2) is 4.79 Å². The van der Waals surface area contributed by atoms with Crippen molar-refractivity contribution in [3.63, 3.8) is 0 Å². The number of ether oxygens (including phenoxy) is 2. The summed E-state index contributed by atoms with van der Waals surface area (Å²) in [6.07, 6.45) is 3.41. The highest BCUT2D eigenvalue weighted by atomic mass is 16.6. The van der Waals surface area contributed by atoms with Crippen molar-refractivity contribution in [3.8, 4) is 0 Å². The van der Waals surface area contributed by atoms with Crippen LogP contribution in [0.4, 0.5) is 0 Å². The molecule has 1 aliphatic rings. The summed E-state index contributed by atoms with van der Waals surface area (Å²) in [4.78, 5) is 25.5. The molecule has 1 saturated heterocycles. The lowest BCUT2D eigenvalue weighted by molar-refractivity contribution is -0.163. The molecule has 0 saturated carbocycles. The molecule has 0 amide bonds. The predicted octanol–water partition coefficient (Wildman–Crippen LogP) is 0.640. The normalized spacial score (nSPS) is 23.6. The number of esters is 1. The van der Waals surface area contributed by atoms with Gasteiger partial charge in [0.15, 0.2) is 5.60 Å². The maximum Gasteiger partial charge on any atom is 0.338 e. The Hall–Kier alpha value is -1.62. The highest BCUT2D eigenvalue weighted by molar-refractivity contribution is 5.80. The van der Waals surface area contributed by atoms with Gasteiger partial charge in [0.05, 0.1) is 7.11 Å². The van der Waals surface area contributed by atoms with E-state index in [1.165, 1.54) is 13.2 Å². The van der Waals surface area contributed by atoms with E-state index in [1.54, 1.807) is 12.3 Å². The van der Waals surface area contributed by atoms with Crippen LogP contribution in [0.2, 0.25) is 0 Å². The molecule has 0 aromatic carbocycles. The van der Waals surface area contributed by atoms with Gasteiger partial charge in [0.2, 0.25) is 5.56 Å². The SMILES string of the molecule is COC(=O)C1(Cc2cc[nH]c(=O)c2)CCCO1. The van der Waals surface area contributed by atoms with Gasteiger partial charge in [0, 0.05) is 25.3 Å². The van der Waals surface area contributed by atoms with E-state index in [1.807, 2.05) is 0 Å². The fourth-order valence-electron chi connectivity index (χ4n) is 2.18. The summed E-state index contributed by atoms with van der Waals surface area (Å²) in [5.41, 5.74) is -0.315. The Bertz CT molecular complexity index is 460. The largest absolute Gasteiger partial charge is 0.467 e. The highest BCUT2D eigenvalue weighted by Gasteiger charge is 2.43. The summed E-state index contributed by atoms with van der Waals surface area (Å²) in [6.45, 7) is 0.554. The summed E-state index contributed by atoms with van der Waals surface area (Å²) in [7, 11) is 1.35. The minimum absolute atomic E-state index is 0.180. The molecule has 1 atom stereocenters. The summed E-state index contributed by atoms with van der Waals surface area (Å²) < 4.78 is 10.3. The van der Waals surface area contributed by atoms with Gasteiger partial charge < -0.3 is 14.5 Å². The number of methoxy groups -OCH3 is 1. The highest BCUT2D eigenvalue weighted by Crippen LogP contribution is 2.30. The number of rotatable bonds is 3. The number of H-pyrrole nitrogens is 1. The van der Waals surface area contributed by atoms with E-state index in [4.69, 9.17) is 9.47 Å². The Balaban J connectivity index is 2.24. The molecule has 1 fully saturated rings. The molecule has 2 heterocycles. The summed E-state index contributed by atoms with van der Waals surface area (Å²) in [5.74, 6) is -0.365. The molecule has 92 valence electrons. The van der Waals surface area contributed by atoms with Crippen molar-refractivity contribution in [1.29, 1.82) is 0 Å². The van der Waals surface area contributed by atoms with Crippen LogP contribution in [0.3, 0.4) is 0 Å². The van der Waals surface area contributed by atoms with Crippen molar-refractivity contribution in [2.45, 2.75) is 24.9 Å². The maximum absolute atomic E-state index is 11.8. The van der Waals surface area contributed by atoms with Crippen LogP contribution in [0, 0.1) is 0 Å². The number of hydrogen-bond donors (Lipinski definition) is 1. The first kappa shape index (κ1) is 11.9. The molecule has 1 aliphatic heterocycles. The molecule has 17 heavy (non-hydrogen) atoms. The zero-order chi connectivity index (χ0) is 12.3. The van der Waals surface area contributed by atoms with E-state index in [0.717, 1.165) is 12.0 Å². The van der Waals surface area contributed by atoms with Crippen LogP contribution in [0.15, 0.2) is 23.1 Å². The van der Waals surface area contributed by atoms with Gasteiger partial charge in [-0.2, -0.15) is 0 Å². The standard InChI is InChI=1S/C12H15NO4/c1-16-11(15)12(4-2-6-17-12)8-9-3-5-13-10(14)7-9/h3,5,7H,2,4,6,8H2,1H3,(H,13,14). The molecular weight excluding hydrogens is 222 g/mol. The van der Waals surface area contributed by atoms with Gasteiger partial charge in [-0.3, -0.25) is 4.79 Å². The molecule has 0 aliphatic carbocycles. The fraction of sp³-hybridized carbons (Fsp3) is 0.500. The number of aromatic nitrogens is 1. The van der Waals surface area contributed by atoms with E-state index < -0.39 is 5.60 Å². The second-order valence-electron chi connectivity index (χ2n) is 4.18. The molecule has 1 N–H and O–H groups in total. The quantitative estimate of drug-likeness (QED) is 0.783. The Morgan fingerprint density at radius 1 is 1.65 bits per heavy atom. The lowest BCUT2D eigenvalue weighted by Gasteiger charge is -2.25. The van der Waals surface area contributed by atoms with Gasteiger partial charge in [0.1, 0.15) is 0 Å². The van der Waals surface area contributed by atoms with Crippen LogP contribution >= 0.6 is 0 Å². The molecule has 1 aromatic heterocycles. The lowest BCUT2D eigenvalue weighted by Crippen LogP contribution is -2.41. The first-order chi connectivity index (χ1) is 8.16. The Labute approximate surface area is 98.7 Å². The summed E-state index contributed by atoms with van der Waals surface area (Å²) >= 11 is 0. The number of hydrogen-bond acceptors (Lipinski definition) is 4. The first-order valence-corrected chi connectivity index (χ1v) is 5.56. The van der Waals surface area contributed by atoms with Gasteiger partial charge in [0.25, 0.3) is 0 Å². The van der Waals surface area contributed by atoms with Crippen molar-refractivity contribution < 1.29 is 14.3 Å². The van der Waals surface area contributed by atoms with Crippen molar-refractivity contribution in [2.75, 3.05) is 13.7 Å². The molecule has 2 rings (SSSR count). The smallest absolute Gasteiger partial charge is 0.338 e. The Morgan fingerprint density at radius 2 is 2.47 bits per heavy atom. The number of carbonyl (C=O) groups is 1. The Kier molecular flexibility index (Phi) is 3.28. The van der Waals surface area contributed by atoms with Gasteiger partial charge in [-0.15, -0.1) is 0 Å². The maximum atomic E-state index is 11.8. The number of aromatic amines is 1. The fourth-order valence-corrected chi connectivity index (χ4v) is 2.18.